The Bertz CT molecular complexity index is 57.7. The van der Waals surface area contributed by atoms with Gasteiger partial charge in [0.15, 0.2) is 0 Å². The summed E-state index contributed by atoms with van der Waals surface area (Å²) >= 11 is -0.735. The third-order valence-electron chi connectivity index (χ3n) is 2.13. The van der Waals surface area contributed by atoms with Crippen LogP contribution in [0.4, 0.5) is 0 Å². The van der Waals surface area contributed by atoms with E-state index >= 15 is 0 Å². The SMILES string of the molecule is CCCC[CH2][Sn+]([CH2]C)[CH2]C. The van der Waals surface area contributed by atoms with Gasteiger partial charge < -0.3 is 0 Å². The molecule has 0 saturated heterocycles. The molecule has 0 nitrogen and oxygen atoms in total. The molecule has 0 aliphatic carbocycles. The van der Waals surface area contributed by atoms with E-state index in [1.807, 2.05) is 0 Å². The van der Waals surface area contributed by atoms with Crippen LogP contribution in [-0.2, 0) is 0 Å². The molecule has 10 heavy (non-hydrogen) atoms. The fourth-order valence-electron chi connectivity index (χ4n) is 1.23. The van der Waals surface area contributed by atoms with Gasteiger partial charge in [-0.05, 0) is 0 Å². The van der Waals surface area contributed by atoms with Gasteiger partial charge in [-0.15, -0.1) is 0 Å². The van der Waals surface area contributed by atoms with E-state index < -0.39 is 19.8 Å². The summed E-state index contributed by atoms with van der Waals surface area (Å²) in [7, 11) is 0. The van der Waals surface area contributed by atoms with E-state index in [0.29, 0.717) is 0 Å². The molecule has 0 N–H and O–H groups in total. The summed E-state index contributed by atoms with van der Waals surface area (Å²) in [6, 6.07) is 0. The van der Waals surface area contributed by atoms with E-state index in [4.69, 9.17) is 0 Å². The van der Waals surface area contributed by atoms with Crippen molar-refractivity contribution in [2.45, 2.75) is 53.3 Å². The molecule has 0 aromatic rings. The third-order valence-corrected chi connectivity index (χ3v) is 10.9. The van der Waals surface area contributed by atoms with Crippen molar-refractivity contribution in [3.63, 3.8) is 0 Å². The van der Waals surface area contributed by atoms with Crippen molar-refractivity contribution in [2.24, 2.45) is 0 Å². The standard InChI is InChI=1S/C5H11.2C2H5.Sn/c1-3-5-4-2;2*1-2;/h1,3-5H2,2H3;2*1H2,2H3;/q;;;+1. The molecule has 0 fully saturated rings. The fraction of sp³-hybridized carbons (Fsp3) is 1.00. The molecule has 0 atom stereocenters. The first-order valence-corrected chi connectivity index (χ1v) is 10.7. The molecule has 1 heteroatoms. The normalized spacial score (nSPS) is 9.90. The predicted molar refractivity (Wildman–Crippen MR) is 51.0 cm³/mol. The van der Waals surface area contributed by atoms with Crippen molar-refractivity contribution >= 4 is 19.8 Å². The Balaban J connectivity index is 3.09. The summed E-state index contributed by atoms with van der Waals surface area (Å²) in [4.78, 5) is 0. The zero-order valence-corrected chi connectivity index (χ0v) is 10.6. The predicted octanol–water partition coefficient (Wildman–Crippen LogP) is 3.71. The van der Waals surface area contributed by atoms with E-state index in [0.717, 1.165) is 0 Å². The molecule has 0 radical (unpaired) electrons. The Kier molecular flexibility index (Phi) is 8.53. The van der Waals surface area contributed by atoms with Crippen LogP contribution < -0.4 is 0 Å². The van der Waals surface area contributed by atoms with Crippen molar-refractivity contribution in [2.75, 3.05) is 0 Å². The van der Waals surface area contributed by atoms with Crippen LogP contribution in [0.1, 0.15) is 40.0 Å². The van der Waals surface area contributed by atoms with Gasteiger partial charge in [0.25, 0.3) is 0 Å². The molecule has 0 saturated carbocycles. The average Bonchev–Trinajstić information content (AvgIpc) is 1.99. The van der Waals surface area contributed by atoms with Gasteiger partial charge in [-0.1, -0.05) is 0 Å². The number of hydrogen-bond donors (Lipinski definition) is 0. The van der Waals surface area contributed by atoms with Crippen LogP contribution in [0.5, 0.6) is 0 Å². The average molecular weight is 248 g/mol. The van der Waals surface area contributed by atoms with Gasteiger partial charge >= 0.3 is 73.1 Å². The van der Waals surface area contributed by atoms with E-state index in [9.17, 15) is 0 Å². The van der Waals surface area contributed by atoms with Gasteiger partial charge in [-0.25, -0.2) is 0 Å². The van der Waals surface area contributed by atoms with Crippen LogP contribution in [0, 0.1) is 0 Å². The van der Waals surface area contributed by atoms with Crippen LogP contribution in [0.2, 0.25) is 13.3 Å². The van der Waals surface area contributed by atoms with Crippen LogP contribution in [0.3, 0.4) is 0 Å². The minimum absolute atomic E-state index is 0.735. The molecule has 0 aromatic heterocycles. The van der Waals surface area contributed by atoms with Crippen molar-refractivity contribution in [1.29, 1.82) is 0 Å². The van der Waals surface area contributed by atoms with Crippen LogP contribution in [0.15, 0.2) is 0 Å². The molecular weight excluding hydrogens is 227 g/mol. The Morgan fingerprint density at radius 2 is 1.50 bits per heavy atom. The topological polar surface area (TPSA) is 0 Å². The fourth-order valence-corrected chi connectivity index (χ4v) is 6.81. The van der Waals surface area contributed by atoms with E-state index in [-0.39, 0.29) is 0 Å². The van der Waals surface area contributed by atoms with E-state index in [2.05, 4.69) is 20.8 Å². The Morgan fingerprint density at radius 3 is 1.90 bits per heavy atom. The van der Waals surface area contributed by atoms with Crippen LogP contribution in [0.25, 0.3) is 0 Å². The zero-order valence-electron chi connectivity index (χ0n) is 7.74. The molecule has 0 bridgehead atoms. The first-order chi connectivity index (χ1) is 4.85. The van der Waals surface area contributed by atoms with Gasteiger partial charge in [0.1, 0.15) is 0 Å². The van der Waals surface area contributed by atoms with Crippen molar-refractivity contribution in [1.82, 2.24) is 0 Å². The molecular formula is C9H21Sn+. The van der Waals surface area contributed by atoms with Crippen molar-refractivity contribution in [3.8, 4) is 0 Å². The summed E-state index contributed by atoms with van der Waals surface area (Å²) < 4.78 is 4.80. The Labute approximate surface area is 73.1 Å². The summed E-state index contributed by atoms with van der Waals surface area (Å²) in [6.45, 7) is 7.08. The van der Waals surface area contributed by atoms with Crippen molar-refractivity contribution in [3.05, 3.63) is 0 Å². The molecule has 0 spiro atoms. The molecule has 0 aromatic carbocycles. The maximum atomic E-state index is 2.39. The molecule has 0 unspecified atom stereocenters. The van der Waals surface area contributed by atoms with Gasteiger partial charge in [0, 0.05) is 0 Å². The first kappa shape index (κ1) is 10.8. The van der Waals surface area contributed by atoms with Gasteiger partial charge in [0.2, 0.25) is 0 Å². The summed E-state index contributed by atoms with van der Waals surface area (Å²) in [6.07, 6.45) is 4.40. The second-order valence-electron chi connectivity index (χ2n) is 2.91. The molecule has 0 rings (SSSR count). The van der Waals surface area contributed by atoms with Gasteiger partial charge in [0.05, 0.1) is 0 Å². The Morgan fingerprint density at radius 1 is 0.900 bits per heavy atom. The number of hydrogen-bond acceptors (Lipinski definition) is 0. The monoisotopic (exact) mass is 249 g/mol. The molecule has 60 valence electrons. The molecule has 0 aliphatic rings. The second kappa shape index (κ2) is 7.90. The van der Waals surface area contributed by atoms with E-state index in [1.54, 1.807) is 13.3 Å². The number of unbranched alkanes of at least 4 members (excludes halogenated alkanes) is 2. The molecule has 0 heterocycles. The summed E-state index contributed by atoms with van der Waals surface area (Å²) in [5.74, 6) is 0. The van der Waals surface area contributed by atoms with Gasteiger partial charge in [-0.2, -0.15) is 0 Å². The first-order valence-electron chi connectivity index (χ1n) is 4.68. The summed E-state index contributed by atoms with van der Waals surface area (Å²) in [5, 5.41) is 0. The van der Waals surface area contributed by atoms with Crippen molar-refractivity contribution < 1.29 is 0 Å². The maximum absolute atomic E-state index is 2.39. The third kappa shape index (κ3) is 5.57. The van der Waals surface area contributed by atoms with E-state index in [1.165, 1.54) is 19.3 Å². The zero-order chi connectivity index (χ0) is 7.82. The number of rotatable bonds is 6. The van der Waals surface area contributed by atoms with Gasteiger partial charge in [-0.3, -0.25) is 0 Å². The second-order valence-corrected chi connectivity index (χ2v) is 12.7. The quantitative estimate of drug-likeness (QED) is 0.496. The van der Waals surface area contributed by atoms with Crippen LogP contribution >= 0.6 is 0 Å². The molecule has 0 aliphatic heterocycles. The van der Waals surface area contributed by atoms with Crippen LogP contribution in [-0.4, -0.2) is 19.8 Å². The molecule has 0 amide bonds. The minimum atomic E-state index is -0.735. The Hall–Kier alpha value is 0.799. The summed E-state index contributed by atoms with van der Waals surface area (Å²) in [5.41, 5.74) is 0.